The molecular formula is C14H26N4O2. The molecular weight excluding hydrogens is 256 g/mol. The van der Waals surface area contributed by atoms with E-state index in [0.29, 0.717) is 19.5 Å². The normalized spacial score (nSPS) is 14.2. The number of aromatic nitrogens is 3. The number of hydrogen-bond donors (Lipinski definition) is 2. The van der Waals surface area contributed by atoms with Gasteiger partial charge < -0.3 is 10.4 Å². The van der Waals surface area contributed by atoms with Gasteiger partial charge in [-0.05, 0) is 26.3 Å². The SMILES string of the molecule is CCCNC(C)(CCn1nc(CC)nc1CC)C(=O)O. The maximum absolute atomic E-state index is 11.5. The molecule has 6 heteroatoms. The van der Waals surface area contributed by atoms with E-state index < -0.39 is 11.5 Å². The van der Waals surface area contributed by atoms with Crippen molar-refractivity contribution in [3.05, 3.63) is 11.6 Å². The van der Waals surface area contributed by atoms with Crippen LogP contribution in [0.1, 0.15) is 52.2 Å². The van der Waals surface area contributed by atoms with Crippen LogP contribution in [0.15, 0.2) is 0 Å². The Morgan fingerprint density at radius 1 is 1.35 bits per heavy atom. The van der Waals surface area contributed by atoms with Gasteiger partial charge in [0, 0.05) is 19.4 Å². The molecule has 0 saturated carbocycles. The third-order valence-corrected chi connectivity index (χ3v) is 3.49. The molecule has 0 aliphatic carbocycles. The number of carbonyl (C=O) groups is 1. The maximum atomic E-state index is 11.5. The second-order valence-corrected chi connectivity index (χ2v) is 5.19. The van der Waals surface area contributed by atoms with Gasteiger partial charge in [0.25, 0.3) is 0 Å². The highest BCUT2D eigenvalue weighted by Crippen LogP contribution is 2.13. The van der Waals surface area contributed by atoms with Crippen LogP contribution in [0.2, 0.25) is 0 Å². The van der Waals surface area contributed by atoms with Crippen molar-refractivity contribution in [3.8, 4) is 0 Å². The number of aliphatic carboxylic acids is 1. The van der Waals surface area contributed by atoms with E-state index in [1.54, 1.807) is 6.92 Å². The van der Waals surface area contributed by atoms with Crippen LogP contribution in [0.3, 0.4) is 0 Å². The van der Waals surface area contributed by atoms with Gasteiger partial charge in [-0.2, -0.15) is 5.10 Å². The molecule has 2 N–H and O–H groups in total. The van der Waals surface area contributed by atoms with Gasteiger partial charge in [-0.3, -0.25) is 4.79 Å². The van der Waals surface area contributed by atoms with Crippen LogP contribution in [-0.2, 0) is 24.2 Å². The van der Waals surface area contributed by atoms with Crippen molar-refractivity contribution in [3.63, 3.8) is 0 Å². The van der Waals surface area contributed by atoms with Gasteiger partial charge >= 0.3 is 5.97 Å². The lowest BCUT2D eigenvalue weighted by molar-refractivity contribution is -0.144. The topological polar surface area (TPSA) is 80.0 Å². The van der Waals surface area contributed by atoms with Gasteiger partial charge in [0.1, 0.15) is 11.4 Å². The zero-order chi connectivity index (χ0) is 15.2. The minimum atomic E-state index is -0.917. The first-order chi connectivity index (χ1) is 9.46. The van der Waals surface area contributed by atoms with Crippen molar-refractivity contribution in [2.75, 3.05) is 6.54 Å². The zero-order valence-electron chi connectivity index (χ0n) is 12.9. The Balaban J connectivity index is 2.76. The molecule has 0 amide bonds. The standard InChI is InChI=1S/C14H26N4O2/c1-5-9-15-14(4,13(19)20)8-10-18-12(7-3)16-11(6-2)17-18/h15H,5-10H2,1-4H3,(H,19,20). The van der Waals surface area contributed by atoms with E-state index in [1.807, 2.05) is 25.5 Å². The van der Waals surface area contributed by atoms with Crippen LogP contribution in [0, 0.1) is 0 Å². The molecule has 1 unspecified atom stereocenters. The molecule has 0 aromatic carbocycles. The van der Waals surface area contributed by atoms with E-state index >= 15 is 0 Å². The molecule has 0 bridgehead atoms. The molecule has 0 radical (unpaired) electrons. The molecule has 1 aromatic heterocycles. The highest BCUT2D eigenvalue weighted by molar-refractivity contribution is 5.78. The molecule has 0 saturated heterocycles. The fourth-order valence-corrected chi connectivity index (χ4v) is 2.02. The predicted molar refractivity (Wildman–Crippen MR) is 77.7 cm³/mol. The molecule has 6 nitrogen and oxygen atoms in total. The predicted octanol–water partition coefficient (Wildman–Crippen LogP) is 1.64. The van der Waals surface area contributed by atoms with Crippen LogP contribution >= 0.6 is 0 Å². The van der Waals surface area contributed by atoms with Crippen molar-refractivity contribution in [1.29, 1.82) is 0 Å². The second-order valence-electron chi connectivity index (χ2n) is 5.19. The van der Waals surface area contributed by atoms with Crippen LogP contribution < -0.4 is 5.32 Å². The Morgan fingerprint density at radius 2 is 2.05 bits per heavy atom. The summed E-state index contributed by atoms with van der Waals surface area (Å²) in [4.78, 5) is 15.9. The van der Waals surface area contributed by atoms with Crippen molar-refractivity contribution >= 4 is 5.97 Å². The van der Waals surface area contributed by atoms with E-state index in [0.717, 1.165) is 30.9 Å². The van der Waals surface area contributed by atoms with Crippen molar-refractivity contribution < 1.29 is 9.90 Å². The summed E-state index contributed by atoms with van der Waals surface area (Å²) in [5.41, 5.74) is -0.917. The lowest BCUT2D eigenvalue weighted by atomic mass is 9.98. The Labute approximate surface area is 120 Å². The molecule has 0 fully saturated rings. The summed E-state index contributed by atoms with van der Waals surface area (Å²) in [6.45, 7) is 9.06. The number of carboxylic acids is 1. The van der Waals surface area contributed by atoms with Gasteiger partial charge in [-0.1, -0.05) is 20.8 Å². The monoisotopic (exact) mass is 282 g/mol. The lowest BCUT2D eigenvalue weighted by Gasteiger charge is -2.26. The second kappa shape index (κ2) is 7.38. The smallest absolute Gasteiger partial charge is 0.323 e. The Hall–Kier alpha value is -1.43. The van der Waals surface area contributed by atoms with Crippen molar-refractivity contribution in [2.24, 2.45) is 0 Å². The third kappa shape index (κ3) is 4.03. The first-order valence-corrected chi connectivity index (χ1v) is 7.37. The highest BCUT2D eigenvalue weighted by Gasteiger charge is 2.32. The fourth-order valence-electron chi connectivity index (χ4n) is 2.02. The largest absolute Gasteiger partial charge is 0.480 e. The Kier molecular flexibility index (Phi) is 6.13. The molecule has 0 spiro atoms. The third-order valence-electron chi connectivity index (χ3n) is 3.49. The summed E-state index contributed by atoms with van der Waals surface area (Å²) in [7, 11) is 0. The summed E-state index contributed by atoms with van der Waals surface area (Å²) in [5.74, 6) is 0.922. The van der Waals surface area contributed by atoms with Crippen molar-refractivity contribution in [2.45, 2.75) is 65.5 Å². The maximum Gasteiger partial charge on any atom is 0.323 e. The van der Waals surface area contributed by atoms with Crippen molar-refractivity contribution in [1.82, 2.24) is 20.1 Å². The summed E-state index contributed by atoms with van der Waals surface area (Å²) >= 11 is 0. The number of nitrogens with one attached hydrogen (secondary N) is 1. The van der Waals surface area contributed by atoms with E-state index in [-0.39, 0.29) is 0 Å². The molecule has 1 atom stereocenters. The van der Waals surface area contributed by atoms with E-state index in [9.17, 15) is 9.90 Å². The minimum Gasteiger partial charge on any atom is -0.480 e. The summed E-state index contributed by atoms with van der Waals surface area (Å²) in [5, 5.41) is 16.9. The Morgan fingerprint density at radius 3 is 2.55 bits per heavy atom. The first-order valence-electron chi connectivity index (χ1n) is 7.37. The highest BCUT2D eigenvalue weighted by atomic mass is 16.4. The number of rotatable bonds is 9. The van der Waals surface area contributed by atoms with E-state index in [4.69, 9.17) is 0 Å². The van der Waals surface area contributed by atoms with E-state index in [1.165, 1.54) is 0 Å². The van der Waals surface area contributed by atoms with Crippen LogP contribution in [-0.4, -0.2) is 37.9 Å². The summed E-state index contributed by atoms with van der Waals surface area (Å²) in [6, 6.07) is 0. The zero-order valence-corrected chi connectivity index (χ0v) is 12.9. The van der Waals surface area contributed by atoms with Crippen LogP contribution in [0.4, 0.5) is 0 Å². The molecule has 0 aliphatic heterocycles. The van der Waals surface area contributed by atoms with Gasteiger partial charge in [0.15, 0.2) is 5.82 Å². The molecule has 114 valence electrons. The molecule has 1 heterocycles. The minimum absolute atomic E-state index is 0.488. The van der Waals surface area contributed by atoms with Crippen LogP contribution in [0.5, 0.6) is 0 Å². The number of hydrogen-bond acceptors (Lipinski definition) is 4. The molecule has 1 aromatic rings. The Bertz CT molecular complexity index is 444. The van der Waals surface area contributed by atoms with Gasteiger partial charge in [-0.15, -0.1) is 0 Å². The molecule has 20 heavy (non-hydrogen) atoms. The summed E-state index contributed by atoms with van der Waals surface area (Å²) in [6.07, 6.45) is 3.00. The number of carboxylic acid groups (broad SMARTS) is 1. The number of aryl methyl sites for hydroxylation is 3. The van der Waals surface area contributed by atoms with Gasteiger partial charge in [0.2, 0.25) is 0 Å². The molecule has 1 rings (SSSR count). The first kappa shape index (κ1) is 16.6. The number of nitrogens with zero attached hydrogens (tertiary/aromatic N) is 3. The van der Waals surface area contributed by atoms with Crippen LogP contribution in [0.25, 0.3) is 0 Å². The average molecular weight is 282 g/mol. The fraction of sp³-hybridized carbons (Fsp3) is 0.786. The van der Waals surface area contributed by atoms with Gasteiger partial charge in [0.05, 0.1) is 0 Å². The summed E-state index contributed by atoms with van der Waals surface area (Å²) < 4.78 is 1.84. The average Bonchev–Trinajstić information content (AvgIpc) is 2.85. The van der Waals surface area contributed by atoms with E-state index in [2.05, 4.69) is 15.4 Å². The quantitative estimate of drug-likeness (QED) is 0.719. The van der Waals surface area contributed by atoms with Gasteiger partial charge in [-0.25, -0.2) is 9.67 Å². The lowest BCUT2D eigenvalue weighted by Crippen LogP contribution is -2.50. The molecule has 0 aliphatic rings.